The van der Waals surface area contributed by atoms with E-state index >= 15 is 0 Å². The van der Waals surface area contributed by atoms with Crippen molar-refractivity contribution in [2.45, 2.75) is 20.3 Å². The summed E-state index contributed by atoms with van der Waals surface area (Å²) in [6.07, 6.45) is 1.11. The van der Waals surface area contributed by atoms with Gasteiger partial charge in [-0.3, -0.25) is 0 Å². The zero-order valence-corrected chi connectivity index (χ0v) is 9.17. The molecule has 0 heteroatoms. The van der Waals surface area contributed by atoms with Crippen molar-refractivity contribution in [3.63, 3.8) is 0 Å². The Morgan fingerprint density at radius 3 is 1.67 bits per heavy atom. The Morgan fingerprint density at radius 2 is 1.20 bits per heavy atom. The minimum Gasteiger partial charge on any atom is -0.0617 e. The van der Waals surface area contributed by atoms with Crippen LogP contribution in [0.3, 0.4) is 0 Å². The van der Waals surface area contributed by atoms with Gasteiger partial charge >= 0.3 is 0 Å². The van der Waals surface area contributed by atoms with Crippen LogP contribution in [-0.4, -0.2) is 0 Å². The van der Waals surface area contributed by atoms with Crippen molar-refractivity contribution < 1.29 is 0 Å². The molecule has 0 spiro atoms. The normalized spacial score (nSPS) is 12.4. The number of benzene rings is 2. The molecule has 3 rings (SSSR count). The van der Waals surface area contributed by atoms with Gasteiger partial charge < -0.3 is 0 Å². The summed E-state index contributed by atoms with van der Waals surface area (Å²) in [6.45, 7) is 4.42. The van der Waals surface area contributed by atoms with Gasteiger partial charge in [-0.1, -0.05) is 36.4 Å². The van der Waals surface area contributed by atoms with E-state index in [2.05, 4.69) is 50.2 Å². The van der Waals surface area contributed by atoms with Crippen LogP contribution in [0, 0.1) is 13.8 Å². The predicted octanol–water partition coefficient (Wildman–Crippen LogP) is 3.87. The fraction of sp³-hybridized carbons (Fsp3) is 0.200. The van der Waals surface area contributed by atoms with Crippen LogP contribution in [0.5, 0.6) is 0 Å². The van der Waals surface area contributed by atoms with E-state index in [1.807, 2.05) is 0 Å². The summed E-state index contributed by atoms with van der Waals surface area (Å²) >= 11 is 0. The Labute approximate surface area is 90.6 Å². The molecule has 1 aliphatic rings. The van der Waals surface area contributed by atoms with Gasteiger partial charge in [0.15, 0.2) is 0 Å². The number of hydrogen-bond acceptors (Lipinski definition) is 0. The second kappa shape index (κ2) is 2.96. The SMILES string of the molecule is Cc1cccc2c1-c1c(C)cccc1C2. The van der Waals surface area contributed by atoms with E-state index in [1.165, 1.54) is 33.4 Å². The lowest BCUT2D eigenvalue weighted by Crippen LogP contribution is -1.85. The largest absolute Gasteiger partial charge is 0.0617 e. The fourth-order valence-electron chi connectivity index (χ4n) is 2.67. The van der Waals surface area contributed by atoms with Crippen LogP contribution in [0.15, 0.2) is 36.4 Å². The van der Waals surface area contributed by atoms with Gasteiger partial charge in [-0.15, -0.1) is 0 Å². The Hall–Kier alpha value is -1.56. The average Bonchev–Trinajstić information content (AvgIpc) is 2.58. The molecule has 0 radical (unpaired) electrons. The maximum atomic E-state index is 2.25. The fourth-order valence-corrected chi connectivity index (χ4v) is 2.67. The molecule has 0 aromatic heterocycles. The number of fused-ring (bicyclic) bond motifs is 3. The van der Waals surface area contributed by atoms with E-state index < -0.39 is 0 Å². The first-order chi connectivity index (χ1) is 7.27. The first kappa shape index (κ1) is 8.72. The average molecular weight is 194 g/mol. The van der Waals surface area contributed by atoms with Gasteiger partial charge in [0.2, 0.25) is 0 Å². The van der Waals surface area contributed by atoms with Crippen molar-refractivity contribution in [2.24, 2.45) is 0 Å². The molecule has 0 nitrogen and oxygen atoms in total. The highest BCUT2D eigenvalue weighted by Crippen LogP contribution is 2.40. The molecule has 2 aromatic carbocycles. The predicted molar refractivity (Wildman–Crippen MR) is 64.2 cm³/mol. The summed E-state index contributed by atoms with van der Waals surface area (Å²) in [7, 11) is 0. The summed E-state index contributed by atoms with van der Waals surface area (Å²) in [5.41, 5.74) is 8.73. The molecule has 0 atom stereocenters. The smallest absolute Gasteiger partial charge is 0.00133 e. The van der Waals surface area contributed by atoms with E-state index in [-0.39, 0.29) is 0 Å². The van der Waals surface area contributed by atoms with Crippen LogP contribution < -0.4 is 0 Å². The Kier molecular flexibility index (Phi) is 1.72. The molecule has 0 fully saturated rings. The van der Waals surface area contributed by atoms with Crippen molar-refractivity contribution in [3.05, 3.63) is 58.7 Å². The lowest BCUT2D eigenvalue weighted by molar-refractivity contribution is 1.25. The van der Waals surface area contributed by atoms with Gasteiger partial charge in [-0.2, -0.15) is 0 Å². The molecule has 0 saturated heterocycles. The monoisotopic (exact) mass is 194 g/mol. The van der Waals surface area contributed by atoms with Crippen LogP contribution in [0.1, 0.15) is 22.3 Å². The Balaban J connectivity index is 2.39. The molecular weight excluding hydrogens is 180 g/mol. The van der Waals surface area contributed by atoms with E-state index in [9.17, 15) is 0 Å². The third-order valence-electron chi connectivity index (χ3n) is 3.35. The van der Waals surface area contributed by atoms with E-state index in [0.717, 1.165) is 6.42 Å². The second-order valence-corrected chi connectivity index (χ2v) is 4.39. The molecule has 0 saturated carbocycles. The third-order valence-corrected chi connectivity index (χ3v) is 3.35. The highest BCUT2D eigenvalue weighted by atomic mass is 14.2. The van der Waals surface area contributed by atoms with Crippen LogP contribution >= 0.6 is 0 Å². The van der Waals surface area contributed by atoms with Gasteiger partial charge in [0, 0.05) is 0 Å². The second-order valence-electron chi connectivity index (χ2n) is 4.39. The molecule has 0 heterocycles. The minimum absolute atomic E-state index is 1.11. The molecule has 0 aliphatic heterocycles. The summed E-state index contributed by atoms with van der Waals surface area (Å²) < 4.78 is 0. The molecule has 2 aromatic rings. The number of rotatable bonds is 0. The van der Waals surface area contributed by atoms with Crippen LogP contribution in [0.4, 0.5) is 0 Å². The molecule has 0 bridgehead atoms. The van der Waals surface area contributed by atoms with Crippen molar-refractivity contribution in [2.75, 3.05) is 0 Å². The van der Waals surface area contributed by atoms with Crippen molar-refractivity contribution in [3.8, 4) is 11.1 Å². The molecule has 0 amide bonds. The molecule has 74 valence electrons. The zero-order valence-electron chi connectivity index (χ0n) is 9.17. The standard InChI is InChI=1S/C15H14/c1-10-5-3-7-12-9-13-8-4-6-11(2)15(13)14(10)12/h3-8H,9H2,1-2H3. The van der Waals surface area contributed by atoms with Gasteiger partial charge in [0.1, 0.15) is 0 Å². The Bertz CT molecular complexity index is 486. The van der Waals surface area contributed by atoms with E-state index in [0.29, 0.717) is 0 Å². The summed E-state index contributed by atoms with van der Waals surface area (Å²) in [5, 5.41) is 0. The van der Waals surface area contributed by atoms with Crippen molar-refractivity contribution >= 4 is 0 Å². The van der Waals surface area contributed by atoms with Gasteiger partial charge in [-0.05, 0) is 53.6 Å². The van der Waals surface area contributed by atoms with Gasteiger partial charge in [0.25, 0.3) is 0 Å². The molecule has 0 unspecified atom stereocenters. The Morgan fingerprint density at radius 1 is 0.733 bits per heavy atom. The van der Waals surface area contributed by atoms with E-state index in [1.54, 1.807) is 0 Å². The molecule has 15 heavy (non-hydrogen) atoms. The highest BCUT2D eigenvalue weighted by Gasteiger charge is 2.20. The van der Waals surface area contributed by atoms with Gasteiger partial charge in [0.05, 0.1) is 0 Å². The molecule has 0 N–H and O–H groups in total. The quantitative estimate of drug-likeness (QED) is 0.509. The highest BCUT2D eigenvalue weighted by molar-refractivity contribution is 5.81. The zero-order chi connectivity index (χ0) is 10.4. The summed E-state index contributed by atoms with van der Waals surface area (Å²) in [4.78, 5) is 0. The molecular formula is C15H14. The summed E-state index contributed by atoms with van der Waals surface area (Å²) in [5.74, 6) is 0. The van der Waals surface area contributed by atoms with Crippen LogP contribution in [-0.2, 0) is 6.42 Å². The first-order valence-electron chi connectivity index (χ1n) is 5.45. The number of aryl methyl sites for hydroxylation is 2. The lowest BCUT2D eigenvalue weighted by atomic mass is 9.97. The van der Waals surface area contributed by atoms with Crippen molar-refractivity contribution in [1.82, 2.24) is 0 Å². The lowest BCUT2D eigenvalue weighted by Gasteiger charge is -2.07. The topological polar surface area (TPSA) is 0 Å². The maximum Gasteiger partial charge on any atom is -0.00133 e. The van der Waals surface area contributed by atoms with Crippen LogP contribution in [0.2, 0.25) is 0 Å². The van der Waals surface area contributed by atoms with Gasteiger partial charge in [-0.25, -0.2) is 0 Å². The third kappa shape index (κ3) is 1.14. The van der Waals surface area contributed by atoms with E-state index in [4.69, 9.17) is 0 Å². The maximum absolute atomic E-state index is 2.25. The minimum atomic E-state index is 1.11. The van der Waals surface area contributed by atoms with Crippen LogP contribution in [0.25, 0.3) is 11.1 Å². The first-order valence-corrected chi connectivity index (χ1v) is 5.45. The summed E-state index contributed by atoms with van der Waals surface area (Å²) in [6, 6.07) is 13.2. The number of hydrogen-bond donors (Lipinski definition) is 0. The molecule has 1 aliphatic carbocycles. The van der Waals surface area contributed by atoms with Crippen molar-refractivity contribution in [1.29, 1.82) is 0 Å².